The first-order valence-corrected chi connectivity index (χ1v) is 33.4. The molecule has 8 aromatic heterocycles. The third-order valence-electron chi connectivity index (χ3n) is 16.1. The lowest BCUT2D eigenvalue weighted by atomic mass is 10.1. The Kier molecular flexibility index (Phi) is 12.0. The van der Waals surface area contributed by atoms with Crippen LogP contribution in [0.1, 0.15) is 19.5 Å². The molecular weight excluding hydrogens is 1240 g/mol. The van der Waals surface area contributed by atoms with Crippen LogP contribution in [-0.4, -0.2) is 33.0 Å². The zero-order valence-electron chi connectivity index (χ0n) is 46.4. The summed E-state index contributed by atoms with van der Waals surface area (Å²) in [6.07, 6.45) is 0. The fraction of sp³-hybridized carbons (Fsp3) is 0. The van der Waals surface area contributed by atoms with Crippen molar-refractivity contribution in [2.75, 3.05) is 9.80 Å². The first-order chi connectivity index (χ1) is 44.3. The average molecular weight is 1280 g/mol. The number of thiophene rings is 6. The molecular formula is C72H38N4O8S6. The van der Waals surface area contributed by atoms with Gasteiger partial charge in [0.1, 0.15) is 32.3 Å². The van der Waals surface area contributed by atoms with Gasteiger partial charge in [0.2, 0.25) is 0 Å². The molecule has 0 aliphatic carbocycles. The minimum absolute atomic E-state index is 0.111. The number of esters is 4. The third kappa shape index (κ3) is 8.19. The summed E-state index contributed by atoms with van der Waals surface area (Å²) in [7, 11) is 0. The van der Waals surface area contributed by atoms with E-state index in [0.717, 1.165) is 95.4 Å². The maximum Gasteiger partial charge on any atom is 0.349 e. The van der Waals surface area contributed by atoms with Crippen molar-refractivity contribution in [2.45, 2.75) is 0 Å². The van der Waals surface area contributed by atoms with Crippen molar-refractivity contribution >= 4 is 188 Å². The molecule has 0 unspecified atom stereocenters. The Hall–Kier alpha value is -10.4. The number of rotatable bonds is 13. The van der Waals surface area contributed by atoms with Gasteiger partial charge >= 0.3 is 23.9 Å². The topological polar surface area (TPSA) is 122 Å². The van der Waals surface area contributed by atoms with Crippen LogP contribution in [0.2, 0.25) is 0 Å². The monoisotopic (exact) mass is 1280 g/mol. The van der Waals surface area contributed by atoms with E-state index >= 15 is 0 Å². The predicted molar refractivity (Wildman–Crippen MR) is 362 cm³/mol. The van der Waals surface area contributed by atoms with Crippen molar-refractivity contribution in [2.24, 2.45) is 0 Å². The smallest absolute Gasteiger partial charge is 0.349 e. The van der Waals surface area contributed by atoms with Crippen LogP contribution in [0.3, 0.4) is 0 Å². The molecule has 6 aromatic carbocycles. The molecule has 12 nitrogen and oxygen atoms in total. The van der Waals surface area contributed by atoms with Gasteiger partial charge in [-0.3, -0.25) is 0 Å². The molecule has 0 fully saturated rings. The highest BCUT2D eigenvalue weighted by Gasteiger charge is 2.47. The first kappa shape index (κ1) is 52.7. The van der Waals surface area contributed by atoms with E-state index in [2.05, 4.69) is 78.9 Å². The maximum atomic E-state index is 14.2. The van der Waals surface area contributed by atoms with E-state index in [1.807, 2.05) is 170 Å². The van der Waals surface area contributed by atoms with Gasteiger partial charge in [0.05, 0.1) is 40.9 Å². The van der Waals surface area contributed by atoms with E-state index in [0.29, 0.717) is 19.5 Å². The van der Waals surface area contributed by atoms with Gasteiger partial charge in [-0.1, -0.05) is 103 Å². The normalized spacial score (nSPS) is 14.7. The Balaban J connectivity index is 0.695. The van der Waals surface area contributed by atoms with Crippen molar-refractivity contribution in [3.05, 3.63) is 272 Å². The molecule has 0 spiro atoms. The zero-order valence-corrected chi connectivity index (χ0v) is 51.3. The van der Waals surface area contributed by atoms with Gasteiger partial charge < -0.3 is 37.9 Å². The number of benzene rings is 6. The molecule has 14 aromatic rings. The number of nitrogens with zero attached hydrogens (tertiary/aromatic N) is 4. The van der Waals surface area contributed by atoms with Crippen molar-refractivity contribution < 1.29 is 38.1 Å². The lowest BCUT2D eigenvalue weighted by molar-refractivity contribution is -0.132. The summed E-state index contributed by atoms with van der Waals surface area (Å²) in [6.45, 7) is 0. The van der Waals surface area contributed by atoms with E-state index in [1.54, 1.807) is 22.7 Å². The largest absolute Gasteiger partial charge is 0.418 e. The summed E-state index contributed by atoms with van der Waals surface area (Å²) in [5.74, 6) is -1.81. The van der Waals surface area contributed by atoms with Crippen LogP contribution in [-0.2, 0) is 38.1 Å². The van der Waals surface area contributed by atoms with E-state index in [-0.39, 0.29) is 45.3 Å². The molecule has 90 heavy (non-hydrogen) atoms. The third-order valence-corrected chi connectivity index (χ3v) is 23.0. The summed E-state index contributed by atoms with van der Waals surface area (Å²) in [5, 5.41) is 3.75. The highest BCUT2D eigenvalue weighted by molar-refractivity contribution is 7.29. The van der Waals surface area contributed by atoms with E-state index in [1.165, 1.54) is 45.3 Å². The number of para-hydroxylation sites is 5. The Morgan fingerprint density at radius 1 is 0.300 bits per heavy atom. The van der Waals surface area contributed by atoms with Gasteiger partial charge in [-0.05, 0) is 132 Å². The summed E-state index contributed by atoms with van der Waals surface area (Å²) >= 11 is 9.07. The molecule has 18 heteroatoms. The Morgan fingerprint density at radius 2 is 0.667 bits per heavy atom. The summed E-state index contributed by atoms with van der Waals surface area (Å²) < 4.78 is 32.6. The first-order valence-electron chi connectivity index (χ1n) is 28.4. The highest BCUT2D eigenvalue weighted by Crippen LogP contribution is 2.54. The number of ether oxygens (including phenoxy) is 4. The van der Waals surface area contributed by atoms with Gasteiger partial charge in [-0.25, -0.2) is 19.2 Å². The number of fused-ring (bicyclic) bond motifs is 8. The molecule has 12 heterocycles. The fourth-order valence-corrected chi connectivity index (χ4v) is 19.1. The number of hydrogen-bond acceptors (Lipinski definition) is 16. The molecule has 430 valence electrons. The average Bonchev–Trinajstić information content (AvgIpc) is 1.59. The lowest BCUT2D eigenvalue weighted by Crippen LogP contribution is -2.08. The standard InChI is InChI=1S/C72H38N4O8S6/c77-69-57(50-29-31-55(86-50)73(40-18-6-1-7-19-40)41-20-8-2-9-21-41)61-62(82-69)58(70(78)81-61)51-30-32-56(87-51)74(42-22-10-3-11-23-42)45-28-16-17-39(35-45)52-36-47-67(88-52)68-49(76(47)44-26-14-5-15-27-44)38-54(90-68)60-64-63(83-72(60)80)59(71(79)84-64)53-37-48-66(89-53)65-46(33-34-85-65)75(48)43-24-12-4-13-25-43/h1-38H. The summed E-state index contributed by atoms with van der Waals surface area (Å²) in [5.41, 5.74) is 11.4. The van der Waals surface area contributed by atoms with Crippen molar-refractivity contribution in [3.8, 4) is 21.8 Å². The molecule has 0 radical (unpaired) electrons. The Morgan fingerprint density at radius 3 is 1.12 bits per heavy atom. The molecule has 4 aliphatic rings. The summed E-state index contributed by atoms with van der Waals surface area (Å²) in [4.78, 5) is 64.0. The van der Waals surface area contributed by atoms with Gasteiger partial charge in [0, 0.05) is 58.5 Å². The van der Waals surface area contributed by atoms with Gasteiger partial charge in [-0.15, -0.1) is 68.0 Å². The van der Waals surface area contributed by atoms with E-state index < -0.39 is 23.9 Å². The lowest BCUT2D eigenvalue weighted by Gasteiger charge is -2.24. The second kappa shape index (κ2) is 20.6. The Bertz CT molecular complexity index is 5480. The predicted octanol–water partition coefficient (Wildman–Crippen LogP) is 19.3. The van der Waals surface area contributed by atoms with Crippen LogP contribution in [0.4, 0.5) is 32.8 Å². The van der Waals surface area contributed by atoms with Crippen molar-refractivity contribution in [1.29, 1.82) is 0 Å². The molecule has 0 saturated carbocycles. The Labute approximate surface area is 535 Å². The van der Waals surface area contributed by atoms with Crippen molar-refractivity contribution in [3.63, 3.8) is 0 Å². The number of carbonyl (C=O) groups is 4. The van der Waals surface area contributed by atoms with Gasteiger partial charge in [0.25, 0.3) is 0 Å². The second-order valence-corrected chi connectivity index (χ2v) is 27.5. The SMILES string of the molecule is O=C1OC2=C(c3ccc(N(c4ccccc4)c4cccc(-c5cc6c(s5)c5sc(C7=C8OC(=O)C(c9cc%10c(s9)c9sccc9n%10-c9ccccc9)=C8OC7=O)cc5n6-c5ccccc5)c4)s3)C(=O)OC2=C1c1ccc(N(c2ccccc2)c2ccccc2)s1. The van der Waals surface area contributed by atoms with Gasteiger partial charge in [0.15, 0.2) is 23.0 Å². The minimum atomic E-state index is -0.598. The molecule has 4 aliphatic heterocycles. The molecule has 0 amide bonds. The van der Waals surface area contributed by atoms with Crippen LogP contribution in [0.5, 0.6) is 0 Å². The second-order valence-electron chi connectivity index (χ2n) is 21.3. The van der Waals surface area contributed by atoms with Crippen LogP contribution >= 0.6 is 68.0 Å². The quantitative estimate of drug-likeness (QED) is 0.0815. The van der Waals surface area contributed by atoms with Crippen LogP contribution in [0.15, 0.2) is 253 Å². The molecule has 0 bridgehead atoms. The molecule has 0 atom stereocenters. The molecule has 0 saturated heterocycles. The van der Waals surface area contributed by atoms with Gasteiger partial charge in [-0.2, -0.15) is 0 Å². The minimum Gasteiger partial charge on any atom is -0.418 e. The van der Waals surface area contributed by atoms with E-state index in [4.69, 9.17) is 18.9 Å². The van der Waals surface area contributed by atoms with Crippen LogP contribution < -0.4 is 9.80 Å². The number of aromatic nitrogens is 2. The van der Waals surface area contributed by atoms with Crippen LogP contribution in [0, 0.1) is 0 Å². The van der Waals surface area contributed by atoms with E-state index in [9.17, 15) is 19.2 Å². The molecule has 18 rings (SSSR count). The molecule has 0 N–H and O–H groups in total. The fourth-order valence-electron chi connectivity index (χ4n) is 12.3. The number of anilines is 6. The maximum absolute atomic E-state index is 14.2. The zero-order chi connectivity index (χ0) is 59.9. The van der Waals surface area contributed by atoms with Crippen LogP contribution in [0.25, 0.3) is 85.0 Å². The number of hydrogen-bond donors (Lipinski definition) is 0. The number of carbonyl (C=O) groups excluding carboxylic acids is 4. The summed E-state index contributed by atoms with van der Waals surface area (Å²) in [6, 6.07) is 74.7. The van der Waals surface area contributed by atoms with Crippen molar-refractivity contribution in [1.82, 2.24) is 9.13 Å². The highest BCUT2D eigenvalue weighted by atomic mass is 32.1.